The van der Waals surface area contributed by atoms with E-state index in [0.717, 1.165) is 24.1 Å². The van der Waals surface area contributed by atoms with E-state index in [1.165, 1.54) is 12.0 Å². The minimum Gasteiger partial charge on any atom is -0.437 e. The molecule has 0 fully saturated rings. The van der Waals surface area contributed by atoms with Crippen LogP contribution in [0.15, 0.2) is 30.6 Å². The maximum atomic E-state index is 5.77. The zero-order valence-electron chi connectivity index (χ0n) is 10.1. The summed E-state index contributed by atoms with van der Waals surface area (Å²) in [6.45, 7) is 0.440. The molecule has 0 bridgehead atoms. The molecule has 0 aromatic carbocycles. The van der Waals surface area contributed by atoms with Crippen molar-refractivity contribution in [2.24, 2.45) is 5.73 Å². The van der Waals surface area contributed by atoms with Crippen molar-refractivity contribution in [3.05, 3.63) is 47.4 Å². The number of ether oxygens (including phenoxy) is 1. The van der Waals surface area contributed by atoms with Crippen LogP contribution in [0.2, 0.25) is 0 Å². The molecule has 0 atom stereocenters. The fraction of sp³-hybridized carbons (Fsp3) is 0.286. The Labute approximate surface area is 106 Å². The quantitative estimate of drug-likeness (QED) is 0.895. The molecule has 0 saturated heterocycles. The van der Waals surface area contributed by atoms with Gasteiger partial charge in [0.15, 0.2) is 0 Å². The molecule has 1 aliphatic rings. The topological polar surface area (TPSA) is 61.0 Å². The average Bonchev–Trinajstić information content (AvgIpc) is 2.86. The van der Waals surface area contributed by atoms with Gasteiger partial charge in [0, 0.05) is 24.0 Å². The molecule has 0 amide bonds. The summed E-state index contributed by atoms with van der Waals surface area (Å²) >= 11 is 0. The van der Waals surface area contributed by atoms with Crippen molar-refractivity contribution in [3.63, 3.8) is 0 Å². The van der Waals surface area contributed by atoms with Gasteiger partial charge in [-0.25, -0.2) is 4.98 Å². The average molecular weight is 241 g/mol. The van der Waals surface area contributed by atoms with Gasteiger partial charge in [0.2, 0.25) is 5.88 Å². The van der Waals surface area contributed by atoms with Gasteiger partial charge in [0.05, 0.1) is 6.20 Å². The van der Waals surface area contributed by atoms with Gasteiger partial charge in [-0.05, 0) is 43.0 Å². The number of hydrogen-bond donors (Lipinski definition) is 1. The van der Waals surface area contributed by atoms with Crippen molar-refractivity contribution >= 4 is 0 Å². The van der Waals surface area contributed by atoms with Crippen molar-refractivity contribution in [3.8, 4) is 11.6 Å². The predicted molar refractivity (Wildman–Crippen MR) is 68.5 cm³/mol. The van der Waals surface area contributed by atoms with Crippen LogP contribution in [0, 0.1) is 0 Å². The lowest BCUT2D eigenvalue weighted by Gasteiger charge is -2.11. The minimum atomic E-state index is 0.440. The molecule has 0 aliphatic heterocycles. The Morgan fingerprint density at radius 1 is 1.33 bits per heavy atom. The third kappa shape index (κ3) is 2.07. The summed E-state index contributed by atoms with van der Waals surface area (Å²) in [5.74, 6) is 1.31. The van der Waals surface area contributed by atoms with Crippen LogP contribution in [0.4, 0.5) is 0 Å². The third-order valence-corrected chi connectivity index (χ3v) is 3.16. The van der Waals surface area contributed by atoms with E-state index in [1.54, 1.807) is 12.4 Å². The molecule has 4 nitrogen and oxygen atoms in total. The van der Waals surface area contributed by atoms with E-state index in [-0.39, 0.29) is 0 Å². The molecule has 1 aliphatic carbocycles. The molecular weight excluding hydrogens is 226 g/mol. The molecule has 0 unspecified atom stereocenters. The lowest BCUT2D eigenvalue weighted by Crippen LogP contribution is -2.04. The number of nitrogens with zero attached hydrogens (tertiary/aromatic N) is 2. The van der Waals surface area contributed by atoms with Crippen LogP contribution in [0.1, 0.15) is 23.2 Å². The SMILES string of the molecule is NCc1cc2c(nc1Oc1cccnc1)CCC2. The highest BCUT2D eigenvalue weighted by molar-refractivity contribution is 5.38. The first-order valence-electron chi connectivity index (χ1n) is 6.16. The molecule has 2 aromatic heterocycles. The molecule has 2 N–H and O–H groups in total. The molecule has 2 heterocycles. The van der Waals surface area contributed by atoms with Gasteiger partial charge in [-0.1, -0.05) is 0 Å². The van der Waals surface area contributed by atoms with E-state index < -0.39 is 0 Å². The van der Waals surface area contributed by atoms with Crippen molar-refractivity contribution in [2.75, 3.05) is 0 Å². The third-order valence-electron chi connectivity index (χ3n) is 3.16. The number of aromatic nitrogens is 2. The van der Waals surface area contributed by atoms with E-state index in [4.69, 9.17) is 10.5 Å². The van der Waals surface area contributed by atoms with Crippen molar-refractivity contribution in [2.45, 2.75) is 25.8 Å². The molecule has 18 heavy (non-hydrogen) atoms. The Morgan fingerprint density at radius 2 is 2.28 bits per heavy atom. The lowest BCUT2D eigenvalue weighted by atomic mass is 10.1. The first kappa shape index (κ1) is 11.2. The largest absolute Gasteiger partial charge is 0.437 e. The highest BCUT2D eigenvalue weighted by atomic mass is 16.5. The van der Waals surface area contributed by atoms with E-state index >= 15 is 0 Å². The first-order valence-corrected chi connectivity index (χ1v) is 6.16. The van der Waals surface area contributed by atoms with Crippen LogP contribution in [0.5, 0.6) is 11.6 Å². The normalized spacial score (nSPS) is 13.4. The Morgan fingerprint density at radius 3 is 3.06 bits per heavy atom. The summed E-state index contributed by atoms with van der Waals surface area (Å²) in [5.41, 5.74) is 9.18. The van der Waals surface area contributed by atoms with Gasteiger partial charge < -0.3 is 10.5 Å². The Bertz CT molecular complexity index is 554. The smallest absolute Gasteiger partial charge is 0.224 e. The molecule has 3 rings (SSSR count). The van der Waals surface area contributed by atoms with Crippen LogP contribution in [0.25, 0.3) is 0 Å². The summed E-state index contributed by atoms with van der Waals surface area (Å²) in [5, 5.41) is 0. The molecule has 2 aromatic rings. The Balaban J connectivity index is 1.96. The summed E-state index contributed by atoms with van der Waals surface area (Å²) in [6, 6.07) is 5.83. The standard InChI is InChI=1S/C14H15N3O/c15-8-11-7-10-3-1-5-13(10)17-14(11)18-12-4-2-6-16-9-12/h2,4,6-7,9H,1,3,5,8,15H2. The van der Waals surface area contributed by atoms with Crippen molar-refractivity contribution in [1.82, 2.24) is 9.97 Å². The van der Waals surface area contributed by atoms with Gasteiger partial charge in [0.1, 0.15) is 5.75 Å². The number of hydrogen-bond acceptors (Lipinski definition) is 4. The monoisotopic (exact) mass is 241 g/mol. The van der Waals surface area contributed by atoms with Gasteiger partial charge >= 0.3 is 0 Å². The summed E-state index contributed by atoms with van der Waals surface area (Å²) in [4.78, 5) is 8.61. The van der Waals surface area contributed by atoms with Crippen LogP contribution in [0.3, 0.4) is 0 Å². The fourth-order valence-electron chi connectivity index (χ4n) is 2.25. The zero-order valence-corrected chi connectivity index (χ0v) is 10.1. The van der Waals surface area contributed by atoms with Crippen molar-refractivity contribution in [1.29, 1.82) is 0 Å². The Hall–Kier alpha value is -1.94. The van der Waals surface area contributed by atoms with Crippen LogP contribution < -0.4 is 10.5 Å². The summed E-state index contributed by atoms with van der Waals surface area (Å²) in [7, 11) is 0. The van der Waals surface area contributed by atoms with Gasteiger partial charge in [-0.3, -0.25) is 4.98 Å². The number of pyridine rings is 2. The number of nitrogens with two attached hydrogens (primary N) is 1. The maximum absolute atomic E-state index is 5.77. The number of rotatable bonds is 3. The molecular formula is C14H15N3O. The maximum Gasteiger partial charge on any atom is 0.224 e. The minimum absolute atomic E-state index is 0.440. The van der Waals surface area contributed by atoms with E-state index in [1.807, 2.05) is 12.1 Å². The second-order valence-corrected chi connectivity index (χ2v) is 4.41. The molecule has 4 heteroatoms. The number of fused-ring (bicyclic) bond motifs is 1. The highest BCUT2D eigenvalue weighted by Gasteiger charge is 2.17. The second-order valence-electron chi connectivity index (χ2n) is 4.41. The first-order chi connectivity index (χ1) is 8.86. The molecule has 0 radical (unpaired) electrons. The van der Waals surface area contributed by atoms with Crippen molar-refractivity contribution < 1.29 is 4.74 Å². The second kappa shape index (κ2) is 4.74. The highest BCUT2D eigenvalue weighted by Crippen LogP contribution is 2.29. The summed E-state index contributed by atoms with van der Waals surface area (Å²) in [6.07, 6.45) is 6.69. The van der Waals surface area contributed by atoms with E-state index in [0.29, 0.717) is 18.2 Å². The van der Waals surface area contributed by atoms with Crippen LogP contribution in [-0.2, 0) is 19.4 Å². The fourth-order valence-corrected chi connectivity index (χ4v) is 2.25. The molecule has 0 saturated carbocycles. The van der Waals surface area contributed by atoms with E-state index in [9.17, 15) is 0 Å². The van der Waals surface area contributed by atoms with E-state index in [2.05, 4.69) is 16.0 Å². The predicted octanol–water partition coefficient (Wildman–Crippen LogP) is 2.22. The summed E-state index contributed by atoms with van der Waals surface area (Å²) < 4.78 is 5.77. The Kier molecular flexibility index (Phi) is 2.94. The molecule has 92 valence electrons. The molecule has 0 spiro atoms. The van der Waals surface area contributed by atoms with Crippen LogP contribution >= 0.6 is 0 Å². The van der Waals surface area contributed by atoms with Crippen LogP contribution in [-0.4, -0.2) is 9.97 Å². The van der Waals surface area contributed by atoms with Gasteiger partial charge in [-0.2, -0.15) is 0 Å². The van der Waals surface area contributed by atoms with Gasteiger partial charge in [-0.15, -0.1) is 0 Å². The number of aryl methyl sites for hydroxylation is 2. The lowest BCUT2D eigenvalue weighted by molar-refractivity contribution is 0.452. The zero-order chi connectivity index (χ0) is 12.4. The van der Waals surface area contributed by atoms with Gasteiger partial charge in [0.25, 0.3) is 0 Å².